The number of hydrogen-bond acceptors (Lipinski definition) is 4. The minimum atomic E-state index is -0.206. The van der Waals surface area contributed by atoms with E-state index in [0.29, 0.717) is 17.6 Å². The maximum atomic E-state index is 11.7. The van der Waals surface area contributed by atoms with Gasteiger partial charge in [-0.15, -0.1) is 0 Å². The normalized spacial score (nSPS) is 20.0. The Morgan fingerprint density at radius 2 is 2.09 bits per heavy atom. The Morgan fingerprint density at radius 3 is 2.82 bits per heavy atom. The van der Waals surface area contributed by atoms with Crippen LogP contribution in [0.3, 0.4) is 0 Å². The predicted molar refractivity (Wildman–Crippen MR) is 85.9 cm³/mol. The van der Waals surface area contributed by atoms with Gasteiger partial charge in [-0.1, -0.05) is 25.1 Å². The lowest BCUT2D eigenvalue weighted by Crippen LogP contribution is -2.25. The van der Waals surface area contributed by atoms with Crippen LogP contribution in [0.15, 0.2) is 52.0 Å². The van der Waals surface area contributed by atoms with Crippen LogP contribution in [0.4, 0.5) is 5.69 Å². The summed E-state index contributed by atoms with van der Waals surface area (Å²) in [7, 11) is 0. The first-order valence-corrected chi connectivity index (χ1v) is 7.43. The van der Waals surface area contributed by atoms with Crippen molar-refractivity contribution in [1.82, 2.24) is 5.43 Å². The molecule has 1 fully saturated rings. The van der Waals surface area contributed by atoms with Gasteiger partial charge < -0.3 is 9.73 Å². The van der Waals surface area contributed by atoms with Gasteiger partial charge in [0, 0.05) is 11.6 Å². The van der Waals surface area contributed by atoms with Gasteiger partial charge in [0.25, 0.3) is 5.91 Å². The topological polar surface area (TPSA) is 66.6 Å². The number of carbonyl (C=O) groups is 1. The molecule has 3 rings (SSSR count). The molecule has 2 atom stereocenters. The average Bonchev–Trinajstić information content (AvgIpc) is 3.08. The lowest BCUT2D eigenvalue weighted by molar-refractivity contribution is -0.119. The summed E-state index contributed by atoms with van der Waals surface area (Å²) in [6, 6.07) is 13.4. The third kappa shape index (κ3) is 3.75. The zero-order valence-corrected chi connectivity index (χ0v) is 12.5. The van der Waals surface area contributed by atoms with Crippen LogP contribution in [0.25, 0.3) is 0 Å². The number of carbonyl (C=O) groups excluding carboxylic acids is 1. The molecule has 0 spiro atoms. The number of furan rings is 1. The predicted octanol–water partition coefficient (Wildman–Crippen LogP) is 2.97. The van der Waals surface area contributed by atoms with Crippen LogP contribution in [0, 0.1) is 5.92 Å². The summed E-state index contributed by atoms with van der Waals surface area (Å²) in [5, 5.41) is 6.92. The number of nitrogens with zero attached hydrogens (tertiary/aromatic N) is 1. The fourth-order valence-corrected chi connectivity index (χ4v) is 2.30. The Kier molecular flexibility index (Phi) is 4.23. The van der Waals surface area contributed by atoms with E-state index in [0.717, 1.165) is 11.4 Å². The second-order valence-electron chi connectivity index (χ2n) is 5.57. The van der Waals surface area contributed by atoms with Crippen LogP contribution in [-0.2, 0) is 4.79 Å². The maximum absolute atomic E-state index is 11.7. The van der Waals surface area contributed by atoms with Gasteiger partial charge in [-0.2, -0.15) is 5.10 Å². The van der Waals surface area contributed by atoms with Crippen molar-refractivity contribution >= 4 is 17.8 Å². The van der Waals surface area contributed by atoms with Gasteiger partial charge >= 0.3 is 0 Å². The molecule has 1 aliphatic rings. The minimum Gasteiger partial charge on any atom is -0.460 e. The number of amides is 1. The zero-order chi connectivity index (χ0) is 15.4. The van der Waals surface area contributed by atoms with E-state index in [1.54, 1.807) is 0 Å². The summed E-state index contributed by atoms with van der Waals surface area (Å²) in [6.45, 7) is 2.38. The molecule has 1 saturated carbocycles. The molecule has 0 bridgehead atoms. The maximum Gasteiger partial charge on any atom is 0.259 e. The summed E-state index contributed by atoms with van der Waals surface area (Å²) in [4.78, 5) is 11.7. The molecule has 114 valence electrons. The van der Waals surface area contributed by atoms with E-state index in [1.165, 1.54) is 12.6 Å². The standard InChI is InChI=1S/C17H19N3O2/c1-12-9-15(12)16-8-7-14(22-16)10-19-20-17(21)11-18-13-5-3-2-4-6-13/h2-8,10,12,15,18H,9,11H2,1H3,(H,20,21)/b19-10-/t12-,15-/m1/s1. The highest BCUT2D eigenvalue weighted by atomic mass is 16.3. The molecule has 1 amide bonds. The molecular formula is C17H19N3O2. The SMILES string of the molecule is C[C@@H]1C[C@H]1c1ccc(/C=N\NC(=O)CNc2ccccc2)o1. The Morgan fingerprint density at radius 1 is 1.32 bits per heavy atom. The Balaban J connectivity index is 1.43. The largest absolute Gasteiger partial charge is 0.460 e. The molecule has 0 aliphatic heterocycles. The summed E-state index contributed by atoms with van der Waals surface area (Å²) in [5.74, 6) is 2.71. The van der Waals surface area contributed by atoms with Gasteiger partial charge in [0.05, 0.1) is 12.8 Å². The van der Waals surface area contributed by atoms with Gasteiger partial charge in [0.1, 0.15) is 11.5 Å². The zero-order valence-electron chi connectivity index (χ0n) is 12.5. The van der Waals surface area contributed by atoms with Crippen molar-refractivity contribution in [2.75, 3.05) is 11.9 Å². The second kappa shape index (κ2) is 6.47. The molecule has 1 aromatic carbocycles. The van der Waals surface area contributed by atoms with Crippen molar-refractivity contribution in [2.24, 2.45) is 11.0 Å². The number of hydrogen-bond donors (Lipinski definition) is 2. The lowest BCUT2D eigenvalue weighted by Gasteiger charge is -2.04. The monoisotopic (exact) mass is 297 g/mol. The summed E-state index contributed by atoms with van der Waals surface area (Å²) in [5.41, 5.74) is 3.37. The molecule has 5 heteroatoms. The van der Waals surface area contributed by atoms with Crippen molar-refractivity contribution in [1.29, 1.82) is 0 Å². The molecule has 0 unspecified atom stereocenters. The smallest absolute Gasteiger partial charge is 0.259 e. The quantitative estimate of drug-likeness (QED) is 0.636. The molecule has 5 nitrogen and oxygen atoms in total. The highest BCUT2D eigenvalue weighted by molar-refractivity contribution is 5.83. The van der Waals surface area contributed by atoms with E-state index in [9.17, 15) is 4.79 Å². The third-order valence-electron chi connectivity index (χ3n) is 3.73. The molecule has 0 saturated heterocycles. The second-order valence-corrected chi connectivity index (χ2v) is 5.57. The van der Waals surface area contributed by atoms with Gasteiger partial charge in [0.2, 0.25) is 0 Å². The first-order chi connectivity index (χ1) is 10.7. The first kappa shape index (κ1) is 14.4. The van der Waals surface area contributed by atoms with E-state index in [1.807, 2.05) is 42.5 Å². The number of benzene rings is 1. The summed E-state index contributed by atoms with van der Waals surface area (Å²) >= 11 is 0. The Hall–Kier alpha value is -2.56. The van der Waals surface area contributed by atoms with E-state index in [4.69, 9.17) is 4.42 Å². The molecule has 22 heavy (non-hydrogen) atoms. The van der Waals surface area contributed by atoms with Crippen LogP contribution in [0.2, 0.25) is 0 Å². The van der Waals surface area contributed by atoms with E-state index < -0.39 is 0 Å². The van der Waals surface area contributed by atoms with Gasteiger partial charge in [0.15, 0.2) is 0 Å². The molecule has 2 aromatic rings. The van der Waals surface area contributed by atoms with Gasteiger partial charge in [-0.25, -0.2) is 5.43 Å². The molecule has 0 radical (unpaired) electrons. The number of nitrogens with one attached hydrogen (secondary N) is 2. The third-order valence-corrected chi connectivity index (χ3v) is 3.73. The molecule has 1 aliphatic carbocycles. The Labute approximate surface area is 129 Å². The Bertz CT molecular complexity index is 664. The highest BCUT2D eigenvalue weighted by Crippen LogP contribution is 2.47. The fraction of sp³-hybridized carbons (Fsp3) is 0.294. The lowest BCUT2D eigenvalue weighted by atomic mass is 10.3. The van der Waals surface area contributed by atoms with Crippen LogP contribution < -0.4 is 10.7 Å². The van der Waals surface area contributed by atoms with Crippen molar-refractivity contribution < 1.29 is 9.21 Å². The van der Waals surface area contributed by atoms with Crippen molar-refractivity contribution in [3.63, 3.8) is 0 Å². The van der Waals surface area contributed by atoms with Crippen LogP contribution in [0.1, 0.15) is 30.8 Å². The van der Waals surface area contributed by atoms with Crippen molar-refractivity contribution in [2.45, 2.75) is 19.3 Å². The average molecular weight is 297 g/mol. The highest BCUT2D eigenvalue weighted by Gasteiger charge is 2.36. The number of hydrazone groups is 1. The van der Waals surface area contributed by atoms with Gasteiger partial charge in [-0.3, -0.25) is 4.79 Å². The van der Waals surface area contributed by atoms with Crippen molar-refractivity contribution in [3.05, 3.63) is 54.0 Å². The minimum absolute atomic E-state index is 0.171. The summed E-state index contributed by atoms with van der Waals surface area (Å²) in [6.07, 6.45) is 2.71. The van der Waals surface area contributed by atoms with Crippen LogP contribution in [-0.4, -0.2) is 18.7 Å². The number of anilines is 1. The van der Waals surface area contributed by atoms with E-state index in [2.05, 4.69) is 22.8 Å². The van der Waals surface area contributed by atoms with Crippen LogP contribution in [0.5, 0.6) is 0 Å². The van der Waals surface area contributed by atoms with E-state index >= 15 is 0 Å². The van der Waals surface area contributed by atoms with Crippen LogP contribution >= 0.6 is 0 Å². The number of rotatable bonds is 6. The van der Waals surface area contributed by atoms with E-state index in [-0.39, 0.29) is 12.5 Å². The molecule has 1 heterocycles. The molecule has 1 aromatic heterocycles. The summed E-state index contributed by atoms with van der Waals surface area (Å²) < 4.78 is 5.67. The molecular weight excluding hydrogens is 278 g/mol. The first-order valence-electron chi connectivity index (χ1n) is 7.43. The number of para-hydroxylation sites is 1. The fourth-order valence-electron chi connectivity index (χ4n) is 2.30. The van der Waals surface area contributed by atoms with Crippen molar-refractivity contribution in [3.8, 4) is 0 Å². The van der Waals surface area contributed by atoms with Gasteiger partial charge in [-0.05, 0) is 36.6 Å². The molecule has 2 N–H and O–H groups in total.